The predicted octanol–water partition coefficient (Wildman–Crippen LogP) is 4.06. The number of benzene rings is 2. The van der Waals surface area contributed by atoms with Gasteiger partial charge in [0.05, 0.1) is 37.1 Å². The zero-order valence-electron chi connectivity index (χ0n) is 15.0. The molecule has 0 atom stereocenters. The first kappa shape index (κ1) is 17.2. The summed E-state index contributed by atoms with van der Waals surface area (Å²) in [6, 6.07) is 11.0. The van der Waals surface area contributed by atoms with E-state index < -0.39 is 0 Å². The molecule has 2 aromatic carbocycles. The Morgan fingerprint density at radius 3 is 2.59 bits per heavy atom. The van der Waals surface area contributed by atoms with Crippen LogP contribution in [0.25, 0.3) is 21.1 Å². The average molecular weight is 383 g/mol. The van der Waals surface area contributed by atoms with Crippen LogP contribution < -0.4 is 19.5 Å². The molecule has 0 fully saturated rings. The maximum absolute atomic E-state index is 12.7. The third-order valence-electron chi connectivity index (χ3n) is 4.18. The molecule has 1 amide bonds. The van der Waals surface area contributed by atoms with Crippen LogP contribution in [0.1, 0.15) is 10.5 Å². The highest BCUT2D eigenvalue weighted by Crippen LogP contribution is 2.32. The molecule has 0 spiro atoms. The predicted molar refractivity (Wildman–Crippen MR) is 106 cm³/mol. The number of carbonyl (C=O) groups is 1. The first-order valence-electron chi connectivity index (χ1n) is 8.12. The molecule has 0 saturated carbocycles. The van der Waals surface area contributed by atoms with Crippen LogP contribution in [0.15, 0.2) is 36.4 Å². The number of hydrogen-bond acceptors (Lipinski definition) is 6. The molecule has 4 aromatic rings. The number of hydrogen-bond donors (Lipinski definition) is 2. The number of anilines is 1. The quantitative estimate of drug-likeness (QED) is 0.543. The smallest absolute Gasteiger partial charge is 0.273 e. The van der Waals surface area contributed by atoms with Crippen LogP contribution in [0.2, 0.25) is 0 Å². The van der Waals surface area contributed by atoms with Crippen molar-refractivity contribution in [2.24, 2.45) is 0 Å². The van der Waals surface area contributed by atoms with Gasteiger partial charge in [-0.1, -0.05) is 11.3 Å². The van der Waals surface area contributed by atoms with Crippen LogP contribution in [0.4, 0.5) is 5.13 Å². The highest BCUT2D eigenvalue weighted by atomic mass is 32.1. The minimum absolute atomic E-state index is 0.279. The molecule has 4 rings (SSSR count). The summed E-state index contributed by atoms with van der Waals surface area (Å²) in [4.78, 5) is 20.2. The van der Waals surface area contributed by atoms with E-state index in [0.717, 1.165) is 26.9 Å². The van der Waals surface area contributed by atoms with Crippen molar-refractivity contribution in [3.8, 4) is 17.2 Å². The molecule has 0 saturated heterocycles. The van der Waals surface area contributed by atoms with E-state index in [2.05, 4.69) is 15.3 Å². The van der Waals surface area contributed by atoms with Crippen LogP contribution in [0.3, 0.4) is 0 Å². The van der Waals surface area contributed by atoms with Crippen LogP contribution in [0, 0.1) is 0 Å². The molecule has 27 heavy (non-hydrogen) atoms. The Balaban J connectivity index is 1.64. The highest BCUT2D eigenvalue weighted by Gasteiger charge is 2.15. The molecule has 0 aliphatic rings. The number of methoxy groups -OCH3 is 3. The molecule has 7 nitrogen and oxygen atoms in total. The molecule has 2 N–H and O–H groups in total. The topological polar surface area (TPSA) is 85.5 Å². The lowest BCUT2D eigenvalue weighted by molar-refractivity contribution is 0.102. The van der Waals surface area contributed by atoms with Crippen molar-refractivity contribution in [1.29, 1.82) is 0 Å². The number of amides is 1. The summed E-state index contributed by atoms with van der Waals surface area (Å²) in [7, 11) is 4.78. The second-order valence-corrected chi connectivity index (χ2v) is 6.81. The second kappa shape index (κ2) is 6.81. The second-order valence-electron chi connectivity index (χ2n) is 5.78. The molecule has 138 valence electrons. The molecule has 0 unspecified atom stereocenters. The van der Waals surface area contributed by atoms with Gasteiger partial charge in [-0.2, -0.15) is 0 Å². The zero-order valence-corrected chi connectivity index (χ0v) is 15.8. The van der Waals surface area contributed by atoms with Crippen LogP contribution in [-0.4, -0.2) is 37.2 Å². The molecule has 0 aliphatic heterocycles. The van der Waals surface area contributed by atoms with Gasteiger partial charge in [-0.25, -0.2) is 4.98 Å². The monoisotopic (exact) mass is 383 g/mol. The molecule has 0 radical (unpaired) electrons. The number of aromatic amines is 1. The van der Waals surface area contributed by atoms with E-state index in [1.54, 1.807) is 33.5 Å². The Labute approximate surface area is 158 Å². The summed E-state index contributed by atoms with van der Waals surface area (Å²) < 4.78 is 16.8. The van der Waals surface area contributed by atoms with Gasteiger partial charge in [0.15, 0.2) is 5.13 Å². The number of H-pyrrole nitrogens is 1. The molecule has 2 aromatic heterocycles. The van der Waals surface area contributed by atoms with Crippen molar-refractivity contribution in [3.05, 3.63) is 42.1 Å². The summed E-state index contributed by atoms with van der Waals surface area (Å²) in [5, 5.41) is 4.18. The lowest BCUT2D eigenvalue weighted by atomic mass is 10.2. The van der Waals surface area contributed by atoms with Crippen molar-refractivity contribution in [3.63, 3.8) is 0 Å². The van der Waals surface area contributed by atoms with Gasteiger partial charge in [-0.15, -0.1) is 0 Å². The van der Waals surface area contributed by atoms with E-state index in [9.17, 15) is 4.79 Å². The van der Waals surface area contributed by atoms with Crippen molar-refractivity contribution in [2.75, 3.05) is 26.6 Å². The highest BCUT2D eigenvalue weighted by molar-refractivity contribution is 7.22. The van der Waals surface area contributed by atoms with Gasteiger partial charge < -0.3 is 19.2 Å². The standard InChI is InChI=1S/C19H17N3O4S/c1-24-11-4-5-13-16(9-11)27-19(21-13)22-18(23)14-7-10-6-12(25-2)8-15(26-3)17(10)20-14/h4-9,20H,1-3H3,(H,21,22,23). The number of aromatic nitrogens is 2. The Morgan fingerprint density at radius 1 is 1.04 bits per heavy atom. The largest absolute Gasteiger partial charge is 0.497 e. The Morgan fingerprint density at radius 2 is 1.85 bits per heavy atom. The molecule has 0 aliphatic carbocycles. The number of thiazole rings is 1. The number of nitrogens with zero attached hydrogens (tertiary/aromatic N) is 1. The molecule has 2 heterocycles. The van der Waals surface area contributed by atoms with Gasteiger partial charge in [0.1, 0.15) is 22.9 Å². The lowest BCUT2D eigenvalue weighted by Crippen LogP contribution is -2.11. The first-order chi connectivity index (χ1) is 13.1. The van der Waals surface area contributed by atoms with Crippen molar-refractivity contribution < 1.29 is 19.0 Å². The van der Waals surface area contributed by atoms with Gasteiger partial charge in [0, 0.05) is 11.5 Å². The molecule has 0 bridgehead atoms. The maximum atomic E-state index is 12.7. The Kier molecular flexibility index (Phi) is 4.33. The number of fused-ring (bicyclic) bond motifs is 2. The summed E-state index contributed by atoms with van der Waals surface area (Å²) >= 11 is 1.39. The minimum atomic E-state index is -0.279. The van der Waals surface area contributed by atoms with E-state index in [1.165, 1.54) is 11.3 Å². The van der Waals surface area contributed by atoms with E-state index in [4.69, 9.17) is 14.2 Å². The lowest BCUT2D eigenvalue weighted by Gasteiger charge is -2.05. The van der Waals surface area contributed by atoms with Gasteiger partial charge in [0.2, 0.25) is 0 Å². The maximum Gasteiger partial charge on any atom is 0.273 e. The third-order valence-corrected chi connectivity index (χ3v) is 5.12. The van der Waals surface area contributed by atoms with E-state index >= 15 is 0 Å². The average Bonchev–Trinajstić information content (AvgIpc) is 3.29. The zero-order chi connectivity index (χ0) is 19.0. The van der Waals surface area contributed by atoms with Crippen LogP contribution in [0.5, 0.6) is 17.2 Å². The van der Waals surface area contributed by atoms with Crippen molar-refractivity contribution in [1.82, 2.24) is 9.97 Å². The first-order valence-corrected chi connectivity index (χ1v) is 8.93. The normalized spacial score (nSPS) is 10.9. The van der Waals surface area contributed by atoms with Crippen LogP contribution >= 0.6 is 11.3 Å². The molecule has 8 heteroatoms. The number of ether oxygens (including phenoxy) is 3. The summed E-state index contributed by atoms with van der Waals surface area (Å²) in [5.41, 5.74) is 1.95. The number of carbonyl (C=O) groups excluding carboxylic acids is 1. The fraction of sp³-hybridized carbons (Fsp3) is 0.158. The summed E-state index contributed by atoms with van der Waals surface area (Å²) in [5.74, 6) is 1.74. The Bertz CT molecular complexity index is 1150. The number of rotatable bonds is 5. The van der Waals surface area contributed by atoms with E-state index in [-0.39, 0.29) is 5.91 Å². The van der Waals surface area contributed by atoms with Gasteiger partial charge in [0.25, 0.3) is 5.91 Å². The minimum Gasteiger partial charge on any atom is -0.497 e. The fourth-order valence-corrected chi connectivity index (χ4v) is 3.72. The van der Waals surface area contributed by atoms with Gasteiger partial charge in [-0.3, -0.25) is 10.1 Å². The van der Waals surface area contributed by atoms with E-state index in [1.807, 2.05) is 24.3 Å². The van der Waals surface area contributed by atoms with Gasteiger partial charge in [-0.05, 0) is 30.3 Å². The summed E-state index contributed by atoms with van der Waals surface area (Å²) in [6.07, 6.45) is 0. The molecular weight excluding hydrogens is 366 g/mol. The van der Waals surface area contributed by atoms with Crippen molar-refractivity contribution >= 4 is 43.5 Å². The van der Waals surface area contributed by atoms with Crippen molar-refractivity contribution in [2.45, 2.75) is 0 Å². The SMILES string of the molecule is COc1cc(OC)c2[nH]c(C(=O)Nc3nc4ccc(OC)cc4s3)cc2c1. The number of nitrogens with one attached hydrogen (secondary N) is 2. The molecular formula is C19H17N3O4S. The van der Waals surface area contributed by atoms with Gasteiger partial charge >= 0.3 is 0 Å². The summed E-state index contributed by atoms with van der Waals surface area (Å²) in [6.45, 7) is 0. The fourth-order valence-electron chi connectivity index (χ4n) is 2.84. The van der Waals surface area contributed by atoms with Crippen LogP contribution in [-0.2, 0) is 0 Å². The third kappa shape index (κ3) is 3.15. The Hall–Kier alpha value is -3.26. The van der Waals surface area contributed by atoms with E-state index in [0.29, 0.717) is 22.3 Å².